The van der Waals surface area contributed by atoms with Gasteiger partial charge < -0.3 is 14.7 Å². The molecule has 1 N–H and O–H groups in total. The predicted octanol–water partition coefficient (Wildman–Crippen LogP) is 2.91. The number of hydrogen-bond donors (Lipinski definition) is 1. The number of carboxylic acids is 1. The molecule has 0 aliphatic heterocycles. The van der Waals surface area contributed by atoms with Gasteiger partial charge in [0, 0.05) is 10.7 Å². The van der Waals surface area contributed by atoms with Crippen LogP contribution in [-0.2, 0) is 4.79 Å². The number of hydrogen-bond acceptors (Lipinski definition) is 4. The maximum Gasteiger partial charge on any atom is 0.323 e. The maximum absolute atomic E-state index is 12.7. The molecule has 1 aromatic heterocycles. The van der Waals surface area contributed by atoms with Crippen LogP contribution >= 0.6 is 11.3 Å². The third-order valence-corrected chi connectivity index (χ3v) is 5.15. The molecule has 116 valence electrons. The van der Waals surface area contributed by atoms with Crippen molar-refractivity contribution in [3.05, 3.63) is 28.6 Å². The number of amides is 1. The summed E-state index contributed by atoms with van der Waals surface area (Å²) >= 11 is 1.41. The van der Waals surface area contributed by atoms with E-state index >= 15 is 0 Å². The lowest BCUT2D eigenvalue weighted by Crippen LogP contribution is -2.37. The number of fused-ring (bicyclic) bond motifs is 1. The van der Waals surface area contributed by atoms with Crippen LogP contribution < -0.4 is 4.74 Å². The Bertz CT molecular complexity index is 748. The highest BCUT2D eigenvalue weighted by molar-refractivity contribution is 7.21. The van der Waals surface area contributed by atoms with Gasteiger partial charge in [-0.05, 0) is 48.9 Å². The molecule has 1 aliphatic carbocycles. The minimum absolute atomic E-state index is 0.0720. The second-order valence-electron chi connectivity index (χ2n) is 5.48. The van der Waals surface area contributed by atoms with Gasteiger partial charge in [-0.3, -0.25) is 9.59 Å². The number of thiophene rings is 1. The van der Waals surface area contributed by atoms with Gasteiger partial charge in [-0.1, -0.05) is 0 Å². The molecule has 0 radical (unpaired) electrons. The number of carbonyl (C=O) groups is 2. The largest absolute Gasteiger partial charge is 0.497 e. The van der Waals surface area contributed by atoms with E-state index in [2.05, 4.69) is 0 Å². The molecule has 1 saturated carbocycles. The second-order valence-corrected chi connectivity index (χ2v) is 6.53. The van der Waals surface area contributed by atoms with Crippen molar-refractivity contribution >= 4 is 33.3 Å². The molecule has 1 fully saturated rings. The van der Waals surface area contributed by atoms with E-state index in [1.165, 1.54) is 16.2 Å². The Morgan fingerprint density at radius 1 is 1.41 bits per heavy atom. The first-order valence-corrected chi connectivity index (χ1v) is 7.93. The molecule has 1 aliphatic rings. The molecular formula is C16H17NO4S. The molecule has 1 amide bonds. The van der Waals surface area contributed by atoms with E-state index in [0.29, 0.717) is 4.88 Å². The molecule has 5 nitrogen and oxygen atoms in total. The standard InChI is InChI=1S/C16H17NO4S/c1-9-12-7-11(21-2)5-6-13(12)22-15(9)16(20)17(8-14(18)19)10-3-4-10/h5-7,10H,3-4,8H2,1-2H3,(H,18,19). The van der Waals surface area contributed by atoms with E-state index in [0.717, 1.165) is 34.2 Å². The summed E-state index contributed by atoms with van der Waals surface area (Å²) in [5.74, 6) is -0.403. The van der Waals surface area contributed by atoms with Crippen molar-refractivity contribution in [3.63, 3.8) is 0 Å². The maximum atomic E-state index is 12.7. The minimum Gasteiger partial charge on any atom is -0.497 e. The lowest BCUT2D eigenvalue weighted by atomic mass is 10.1. The quantitative estimate of drug-likeness (QED) is 0.920. The first-order valence-electron chi connectivity index (χ1n) is 7.11. The summed E-state index contributed by atoms with van der Waals surface area (Å²) in [6.45, 7) is 1.66. The Balaban J connectivity index is 1.99. The second kappa shape index (κ2) is 5.61. The molecule has 0 atom stereocenters. The van der Waals surface area contributed by atoms with Crippen molar-refractivity contribution in [1.82, 2.24) is 4.90 Å². The van der Waals surface area contributed by atoms with Crippen molar-refractivity contribution in [2.24, 2.45) is 0 Å². The molecule has 1 heterocycles. The molecule has 3 rings (SSSR count). The first kappa shape index (κ1) is 14.8. The van der Waals surface area contributed by atoms with Crippen molar-refractivity contribution in [3.8, 4) is 5.75 Å². The van der Waals surface area contributed by atoms with Gasteiger partial charge >= 0.3 is 5.97 Å². The summed E-state index contributed by atoms with van der Waals surface area (Å²) < 4.78 is 6.23. The van der Waals surface area contributed by atoms with E-state index < -0.39 is 5.97 Å². The van der Waals surface area contributed by atoms with Crippen molar-refractivity contribution in [1.29, 1.82) is 0 Å². The van der Waals surface area contributed by atoms with Crippen LogP contribution in [0.1, 0.15) is 28.1 Å². The average molecular weight is 319 g/mol. The third-order valence-electron chi connectivity index (χ3n) is 3.89. The van der Waals surface area contributed by atoms with Crippen LogP contribution in [0.3, 0.4) is 0 Å². The number of ether oxygens (including phenoxy) is 1. The Morgan fingerprint density at radius 3 is 2.73 bits per heavy atom. The van der Waals surface area contributed by atoms with Gasteiger partial charge in [-0.25, -0.2) is 0 Å². The Hall–Kier alpha value is -2.08. The normalized spacial score (nSPS) is 14.1. The number of rotatable bonds is 5. The number of nitrogens with zero attached hydrogens (tertiary/aromatic N) is 1. The number of methoxy groups -OCH3 is 1. The monoisotopic (exact) mass is 319 g/mol. The summed E-state index contributed by atoms with van der Waals surface area (Å²) in [4.78, 5) is 25.9. The highest BCUT2D eigenvalue weighted by Crippen LogP contribution is 2.36. The zero-order valence-electron chi connectivity index (χ0n) is 12.5. The van der Waals surface area contributed by atoms with Crippen molar-refractivity contribution in [2.45, 2.75) is 25.8 Å². The molecule has 0 unspecified atom stereocenters. The Labute approximate surface area is 132 Å². The third kappa shape index (κ3) is 2.66. The van der Waals surface area contributed by atoms with Crippen LogP contribution in [-0.4, -0.2) is 41.6 Å². The van der Waals surface area contributed by atoms with Crippen LogP contribution in [0.15, 0.2) is 18.2 Å². The Kier molecular flexibility index (Phi) is 3.78. The molecule has 0 spiro atoms. The number of benzene rings is 1. The van der Waals surface area contributed by atoms with Gasteiger partial charge in [-0.2, -0.15) is 0 Å². The average Bonchev–Trinajstić information content (AvgIpc) is 3.28. The number of aliphatic carboxylic acids is 1. The number of carboxylic acid groups (broad SMARTS) is 1. The number of aryl methyl sites for hydroxylation is 1. The van der Waals surface area contributed by atoms with Crippen LogP contribution in [0.2, 0.25) is 0 Å². The van der Waals surface area contributed by atoms with Crippen molar-refractivity contribution in [2.75, 3.05) is 13.7 Å². The van der Waals surface area contributed by atoms with E-state index in [1.807, 2.05) is 25.1 Å². The highest BCUT2D eigenvalue weighted by atomic mass is 32.1. The van der Waals surface area contributed by atoms with E-state index in [9.17, 15) is 9.59 Å². The molecule has 6 heteroatoms. The van der Waals surface area contributed by atoms with E-state index in [4.69, 9.17) is 9.84 Å². The topological polar surface area (TPSA) is 66.8 Å². The molecule has 1 aromatic carbocycles. The lowest BCUT2D eigenvalue weighted by Gasteiger charge is -2.19. The van der Waals surface area contributed by atoms with Gasteiger partial charge in [0.1, 0.15) is 12.3 Å². The van der Waals surface area contributed by atoms with Gasteiger partial charge in [0.05, 0.1) is 12.0 Å². The van der Waals surface area contributed by atoms with Gasteiger partial charge in [-0.15, -0.1) is 11.3 Å². The van der Waals surface area contributed by atoms with Crippen LogP contribution in [0.5, 0.6) is 5.75 Å². The summed E-state index contributed by atoms with van der Waals surface area (Å²) in [5.41, 5.74) is 0.889. The fourth-order valence-corrected chi connectivity index (χ4v) is 3.71. The van der Waals surface area contributed by atoms with Crippen molar-refractivity contribution < 1.29 is 19.4 Å². The molecule has 0 bridgehead atoms. The first-order chi connectivity index (χ1) is 10.5. The summed E-state index contributed by atoms with van der Waals surface area (Å²) in [5, 5.41) is 10.0. The predicted molar refractivity (Wildman–Crippen MR) is 84.8 cm³/mol. The molecule has 22 heavy (non-hydrogen) atoms. The zero-order chi connectivity index (χ0) is 15.9. The molecule has 2 aromatic rings. The summed E-state index contributed by atoms with van der Waals surface area (Å²) in [6.07, 6.45) is 1.77. The van der Waals surface area contributed by atoms with Crippen LogP contribution in [0, 0.1) is 6.92 Å². The van der Waals surface area contributed by atoms with Crippen LogP contribution in [0.4, 0.5) is 0 Å². The molecular weight excluding hydrogens is 302 g/mol. The Morgan fingerprint density at radius 2 is 2.14 bits per heavy atom. The highest BCUT2D eigenvalue weighted by Gasteiger charge is 2.35. The lowest BCUT2D eigenvalue weighted by molar-refractivity contribution is -0.137. The van der Waals surface area contributed by atoms with Gasteiger partial charge in [0.25, 0.3) is 5.91 Å². The minimum atomic E-state index is -0.972. The van der Waals surface area contributed by atoms with E-state index in [-0.39, 0.29) is 18.5 Å². The fraction of sp³-hybridized carbons (Fsp3) is 0.375. The van der Waals surface area contributed by atoms with Gasteiger partial charge in [0.2, 0.25) is 0 Å². The zero-order valence-corrected chi connectivity index (χ0v) is 13.3. The summed E-state index contributed by atoms with van der Waals surface area (Å²) in [6, 6.07) is 5.78. The fourth-order valence-electron chi connectivity index (χ4n) is 2.56. The number of carbonyl (C=O) groups excluding carboxylic acids is 1. The van der Waals surface area contributed by atoms with Gasteiger partial charge in [0.15, 0.2) is 0 Å². The van der Waals surface area contributed by atoms with E-state index in [1.54, 1.807) is 7.11 Å². The van der Waals surface area contributed by atoms with Crippen LogP contribution in [0.25, 0.3) is 10.1 Å². The summed E-state index contributed by atoms with van der Waals surface area (Å²) in [7, 11) is 1.61. The molecule has 0 saturated heterocycles. The SMILES string of the molecule is COc1ccc2sc(C(=O)N(CC(=O)O)C3CC3)c(C)c2c1. The smallest absolute Gasteiger partial charge is 0.323 e.